The van der Waals surface area contributed by atoms with Gasteiger partial charge < -0.3 is 10.6 Å². The maximum Gasteiger partial charge on any atom is 0.191 e. The molecular formula is C17H34N4O2S. The van der Waals surface area contributed by atoms with Gasteiger partial charge in [-0.2, -0.15) is 0 Å². The number of nitrogens with zero attached hydrogens (tertiary/aromatic N) is 2. The van der Waals surface area contributed by atoms with Crippen molar-refractivity contribution in [1.29, 1.82) is 0 Å². The third kappa shape index (κ3) is 6.24. The lowest BCUT2D eigenvalue weighted by Crippen LogP contribution is -2.46. The smallest absolute Gasteiger partial charge is 0.191 e. The van der Waals surface area contributed by atoms with E-state index in [0.717, 1.165) is 38.1 Å². The summed E-state index contributed by atoms with van der Waals surface area (Å²) in [6.07, 6.45) is 5.96. The van der Waals surface area contributed by atoms with Gasteiger partial charge in [-0.05, 0) is 45.1 Å². The highest BCUT2D eigenvalue weighted by atomic mass is 32.2. The molecule has 0 aromatic heterocycles. The topological polar surface area (TPSA) is 73.8 Å². The molecule has 140 valence electrons. The summed E-state index contributed by atoms with van der Waals surface area (Å²) in [5.41, 5.74) is 0. The van der Waals surface area contributed by atoms with E-state index in [1.54, 1.807) is 0 Å². The van der Waals surface area contributed by atoms with Gasteiger partial charge in [-0.3, -0.25) is 9.89 Å². The summed E-state index contributed by atoms with van der Waals surface area (Å²) in [6.45, 7) is 8.86. The lowest BCUT2D eigenvalue weighted by molar-refractivity contribution is 0.147. The zero-order chi connectivity index (χ0) is 17.4. The van der Waals surface area contributed by atoms with Gasteiger partial charge in [0.25, 0.3) is 0 Å². The average Bonchev–Trinajstić information content (AvgIpc) is 2.92. The maximum absolute atomic E-state index is 11.5. The van der Waals surface area contributed by atoms with Gasteiger partial charge in [-0.25, -0.2) is 8.42 Å². The van der Waals surface area contributed by atoms with Crippen molar-refractivity contribution in [3.8, 4) is 0 Å². The first-order valence-electron chi connectivity index (χ1n) is 9.50. The molecular weight excluding hydrogens is 324 g/mol. The molecule has 2 heterocycles. The van der Waals surface area contributed by atoms with Gasteiger partial charge in [-0.1, -0.05) is 13.3 Å². The molecule has 0 saturated carbocycles. The van der Waals surface area contributed by atoms with E-state index in [9.17, 15) is 8.42 Å². The van der Waals surface area contributed by atoms with Crippen LogP contribution in [0.4, 0.5) is 0 Å². The number of hydrogen-bond acceptors (Lipinski definition) is 4. The summed E-state index contributed by atoms with van der Waals surface area (Å²) in [6, 6.07) is 0.726. The lowest BCUT2D eigenvalue weighted by atomic mass is 10.0. The predicted octanol–water partition coefficient (Wildman–Crippen LogP) is 1.24. The Morgan fingerprint density at radius 1 is 1.21 bits per heavy atom. The quantitative estimate of drug-likeness (QED) is 0.529. The van der Waals surface area contributed by atoms with E-state index in [-0.39, 0.29) is 5.92 Å². The Balaban J connectivity index is 1.77. The van der Waals surface area contributed by atoms with Gasteiger partial charge in [0.15, 0.2) is 15.8 Å². The van der Waals surface area contributed by atoms with Crippen molar-refractivity contribution in [2.45, 2.75) is 52.0 Å². The van der Waals surface area contributed by atoms with E-state index in [0.29, 0.717) is 18.1 Å². The summed E-state index contributed by atoms with van der Waals surface area (Å²) in [5, 5.41) is 6.67. The van der Waals surface area contributed by atoms with E-state index in [4.69, 9.17) is 0 Å². The molecule has 2 aliphatic heterocycles. The molecule has 0 bridgehead atoms. The molecule has 0 radical (unpaired) electrons. The third-order valence-corrected chi connectivity index (χ3v) is 6.93. The van der Waals surface area contributed by atoms with Gasteiger partial charge in [-0.15, -0.1) is 0 Å². The summed E-state index contributed by atoms with van der Waals surface area (Å²) in [7, 11) is -2.81. The number of sulfone groups is 1. The van der Waals surface area contributed by atoms with Gasteiger partial charge in [0.1, 0.15) is 0 Å². The fourth-order valence-corrected chi connectivity index (χ4v) is 5.56. The Morgan fingerprint density at radius 3 is 2.71 bits per heavy atom. The molecule has 0 aliphatic carbocycles. The van der Waals surface area contributed by atoms with Crippen LogP contribution in [0.25, 0.3) is 0 Å². The normalized spacial score (nSPS) is 28.0. The van der Waals surface area contributed by atoms with Crippen molar-refractivity contribution in [2.24, 2.45) is 10.9 Å². The van der Waals surface area contributed by atoms with E-state index < -0.39 is 9.84 Å². The van der Waals surface area contributed by atoms with E-state index in [2.05, 4.69) is 34.4 Å². The number of hydrogen-bond donors (Lipinski definition) is 2. The highest BCUT2D eigenvalue weighted by molar-refractivity contribution is 7.91. The molecule has 2 fully saturated rings. The Morgan fingerprint density at radius 2 is 2.04 bits per heavy atom. The SMILES string of the molecule is CCNC(=NCC1CCS(=O)(=O)C1)NCCN1CCCCC1CC. The minimum absolute atomic E-state index is 0.178. The fourth-order valence-electron chi connectivity index (χ4n) is 3.71. The Hall–Kier alpha value is -0.820. The van der Waals surface area contributed by atoms with E-state index in [1.807, 2.05) is 0 Å². The Kier molecular flexibility index (Phi) is 7.81. The number of piperidine rings is 1. The lowest BCUT2D eigenvalue weighted by Gasteiger charge is -2.35. The zero-order valence-electron chi connectivity index (χ0n) is 15.3. The highest BCUT2D eigenvalue weighted by Crippen LogP contribution is 2.19. The molecule has 6 nitrogen and oxygen atoms in total. The molecule has 7 heteroatoms. The van der Waals surface area contributed by atoms with Gasteiger partial charge in [0, 0.05) is 32.2 Å². The molecule has 2 atom stereocenters. The second kappa shape index (κ2) is 9.61. The van der Waals surface area contributed by atoms with E-state index in [1.165, 1.54) is 32.2 Å². The van der Waals surface area contributed by atoms with Crippen LogP contribution in [-0.2, 0) is 9.84 Å². The van der Waals surface area contributed by atoms with Crippen molar-refractivity contribution in [1.82, 2.24) is 15.5 Å². The van der Waals surface area contributed by atoms with Crippen LogP contribution in [0.3, 0.4) is 0 Å². The first-order valence-corrected chi connectivity index (χ1v) is 11.3. The first-order chi connectivity index (χ1) is 11.5. The molecule has 0 spiro atoms. The van der Waals surface area contributed by atoms with Crippen molar-refractivity contribution in [3.63, 3.8) is 0 Å². The van der Waals surface area contributed by atoms with Crippen molar-refractivity contribution < 1.29 is 8.42 Å². The summed E-state index contributed by atoms with van der Waals surface area (Å²) in [4.78, 5) is 7.18. The standard InChI is InChI=1S/C17H34N4O2S/c1-3-16-7-5-6-10-21(16)11-9-19-17(18-4-2)20-13-15-8-12-24(22,23)14-15/h15-16H,3-14H2,1-2H3,(H2,18,19,20). The summed E-state index contributed by atoms with van der Waals surface area (Å²) in [5.74, 6) is 1.61. The number of nitrogens with one attached hydrogen (secondary N) is 2. The van der Waals surface area contributed by atoms with Crippen LogP contribution >= 0.6 is 0 Å². The summed E-state index contributed by atoms with van der Waals surface area (Å²) >= 11 is 0. The molecule has 2 unspecified atom stereocenters. The van der Waals surface area contributed by atoms with Gasteiger partial charge in [0.2, 0.25) is 0 Å². The highest BCUT2D eigenvalue weighted by Gasteiger charge is 2.27. The molecule has 2 N–H and O–H groups in total. The second-order valence-electron chi connectivity index (χ2n) is 7.01. The van der Waals surface area contributed by atoms with Gasteiger partial charge in [0.05, 0.1) is 11.5 Å². The van der Waals surface area contributed by atoms with Gasteiger partial charge >= 0.3 is 0 Å². The molecule has 0 amide bonds. The Bertz CT molecular complexity index is 507. The number of aliphatic imine (C=N–C) groups is 1. The minimum Gasteiger partial charge on any atom is -0.357 e. The average molecular weight is 359 g/mol. The molecule has 24 heavy (non-hydrogen) atoms. The molecule has 0 aromatic rings. The fraction of sp³-hybridized carbons (Fsp3) is 0.941. The number of rotatable bonds is 7. The van der Waals surface area contributed by atoms with Crippen LogP contribution in [-0.4, -0.2) is 69.5 Å². The van der Waals surface area contributed by atoms with Crippen LogP contribution in [0, 0.1) is 5.92 Å². The second-order valence-corrected chi connectivity index (χ2v) is 9.24. The molecule has 2 aliphatic rings. The zero-order valence-corrected chi connectivity index (χ0v) is 16.1. The predicted molar refractivity (Wildman–Crippen MR) is 100 cm³/mol. The van der Waals surface area contributed by atoms with Crippen LogP contribution in [0.15, 0.2) is 4.99 Å². The molecule has 2 saturated heterocycles. The van der Waals surface area contributed by atoms with Crippen LogP contribution in [0.5, 0.6) is 0 Å². The van der Waals surface area contributed by atoms with E-state index >= 15 is 0 Å². The summed E-state index contributed by atoms with van der Waals surface area (Å²) < 4.78 is 23.1. The minimum atomic E-state index is -2.81. The van der Waals surface area contributed by atoms with Crippen molar-refractivity contribution in [3.05, 3.63) is 0 Å². The van der Waals surface area contributed by atoms with Crippen LogP contribution < -0.4 is 10.6 Å². The Labute approximate surface area is 147 Å². The number of likely N-dealkylation sites (tertiary alicyclic amines) is 1. The third-order valence-electron chi connectivity index (χ3n) is 5.09. The van der Waals surface area contributed by atoms with Crippen LogP contribution in [0.1, 0.15) is 46.0 Å². The molecule has 0 aromatic carbocycles. The maximum atomic E-state index is 11.5. The largest absolute Gasteiger partial charge is 0.357 e. The molecule has 2 rings (SSSR count). The van der Waals surface area contributed by atoms with Crippen LogP contribution in [0.2, 0.25) is 0 Å². The monoisotopic (exact) mass is 358 g/mol. The number of guanidine groups is 1. The van der Waals surface area contributed by atoms with Crippen molar-refractivity contribution in [2.75, 3.05) is 44.2 Å². The first kappa shape index (κ1) is 19.5. The van der Waals surface area contributed by atoms with Crippen molar-refractivity contribution >= 4 is 15.8 Å².